The normalized spacial score (nSPS) is 11.1. The SMILES string of the molecule is CCOc1cc(C)ncc1-c1ccc(CC(=O)Nc2ccc(C#N)c(C(F)(F)F)c2)cc1F. The molecule has 1 N–H and O–H groups in total. The van der Waals surface area contributed by atoms with Crippen LogP contribution < -0.4 is 10.1 Å². The van der Waals surface area contributed by atoms with Crippen molar-refractivity contribution in [1.82, 2.24) is 4.98 Å². The maximum Gasteiger partial charge on any atom is 0.417 e. The molecular weight excluding hydrogens is 438 g/mol. The highest BCUT2D eigenvalue weighted by atomic mass is 19.4. The number of benzene rings is 2. The molecule has 2 aromatic carbocycles. The molecule has 0 unspecified atom stereocenters. The van der Waals surface area contributed by atoms with Gasteiger partial charge >= 0.3 is 6.18 Å². The Morgan fingerprint density at radius 3 is 2.55 bits per heavy atom. The lowest BCUT2D eigenvalue weighted by atomic mass is 10.0. The summed E-state index contributed by atoms with van der Waals surface area (Å²) in [5.41, 5.74) is -0.0465. The second-order valence-electron chi connectivity index (χ2n) is 7.16. The Balaban J connectivity index is 1.79. The molecule has 1 heterocycles. The van der Waals surface area contributed by atoms with Gasteiger partial charge in [-0.05, 0) is 43.7 Å². The molecule has 0 atom stereocenters. The minimum atomic E-state index is -4.74. The summed E-state index contributed by atoms with van der Waals surface area (Å²) in [6.45, 7) is 3.99. The molecule has 1 aromatic heterocycles. The minimum absolute atomic E-state index is 0.115. The van der Waals surface area contributed by atoms with Crippen molar-refractivity contribution >= 4 is 11.6 Å². The fraction of sp³-hybridized carbons (Fsp3) is 0.208. The molecule has 0 saturated heterocycles. The Bertz CT molecular complexity index is 1230. The van der Waals surface area contributed by atoms with Crippen molar-refractivity contribution in [1.29, 1.82) is 5.26 Å². The highest BCUT2D eigenvalue weighted by Gasteiger charge is 2.34. The lowest BCUT2D eigenvalue weighted by Crippen LogP contribution is -2.16. The van der Waals surface area contributed by atoms with E-state index in [4.69, 9.17) is 10.00 Å². The third-order valence-corrected chi connectivity index (χ3v) is 4.72. The van der Waals surface area contributed by atoms with Crippen molar-refractivity contribution in [2.24, 2.45) is 0 Å². The number of rotatable bonds is 6. The molecule has 9 heteroatoms. The first-order valence-corrected chi connectivity index (χ1v) is 9.91. The topological polar surface area (TPSA) is 75.0 Å². The fourth-order valence-electron chi connectivity index (χ4n) is 3.24. The second kappa shape index (κ2) is 9.69. The minimum Gasteiger partial charge on any atom is -0.493 e. The maximum atomic E-state index is 14.8. The molecule has 33 heavy (non-hydrogen) atoms. The van der Waals surface area contributed by atoms with Gasteiger partial charge in [0.2, 0.25) is 5.91 Å². The zero-order valence-corrected chi connectivity index (χ0v) is 17.8. The van der Waals surface area contributed by atoms with Crippen LogP contribution in [0.15, 0.2) is 48.7 Å². The highest BCUT2D eigenvalue weighted by molar-refractivity contribution is 5.92. The van der Waals surface area contributed by atoms with Crippen LogP contribution in [0.5, 0.6) is 5.75 Å². The van der Waals surface area contributed by atoms with Crippen molar-refractivity contribution < 1.29 is 27.1 Å². The van der Waals surface area contributed by atoms with E-state index in [0.717, 1.165) is 6.07 Å². The van der Waals surface area contributed by atoms with E-state index < -0.39 is 29.0 Å². The number of amides is 1. The van der Waals surface area contributed by atoms with E-state index in [2.05, 4.69) is 10.3 Å². The molecule has 3 aromatic rings. The summed E-state index contributed by atoms with van der Waals surface area (Å²) in [5, 5.41) is 11.2. The van der Waals surface area contributed by atoms with E-state index >= 15 is 0 Å². The Labute approximate surface area is 187 Å². The van der Waals surface area contributed by atoms with E-state index in [1.807, 2.05) is 6.92 Å². The molecule has 0 bridgehead atoms. The number of nitriles is 1. The molecule has 0 radical (unpaired) electrons. The Kier molecular flexibility index (Phi) is 6.97. The number of hydrogen-bond donors (Lipinski definition) is 1. The van der Waals surface area contributed by atoms with Gasteiger partial charge in [-0.25, -0.2) is 4.39 Å². The molecule has 0 saturated carbocycles. The number of carbonyl (C=O) groups excluding carboxylic acids is 1. The molecular formula is C24H19F4N3O2. The van der Waals surface area contributed by atoms with E-state index in [0.29, 0.717) is 35.2 Å². The van der Waals surface area contributed by atoms with Gasteiger partial charge in [0.1, 0.15) is 11.6 Å². The first kappa shape index (κ1) is 23.7. The number of ether oxygens (including phenoxy) is 1. The smallest absolute Gasteiger partial charge is 0.417 e. The summed E-state index contributed by atoms with van der Waals surface area (Å²) in [4.78, 5) is 16.5. The maximum absolute atomic E-state index is 14.8. The number of nitrogens with one attached hydrogen (secondary N) is 1. The number of aromatic nitrogens is 1. The highest BCUT2D eigenvalue weighted by Crippen LogP contribution is 2.34. The predicted molar refractivity (Wildman–Crippen MR) is 114 cm³/mol. The number of anilines is 1. The van der Waals surface area contributed by atoms with Crippen LogP contribution in [-0.2, 0) is 17.4 Å². The number of carbonyl (C=O) groups is 1. The molecule has 1 amide bonds. The number of pyridine rings is 1. The monoisotopic (exact) mass is 457 g/mol. The molecule has 0 aliphatic heterocycles. The van der Waals surface area contributed by atoms with E-state index in [9.17, 15) is 22.4 Å². The molecule has 0 spiro atoms. The molecule has 0 fully saturated rings. The van der Waals surface area contributed by atoms with Gasteiger partial charge < -0.3 is 10.1 Å². The van der Waals surface area contributed by atoms with Crippen LogP contribution in [0.25, 0.3) is 11.1 Å². The quantitative estimate of drug-likeness (QED) is 0.484. The summed E-state index contributed by atoms with van der Waals surface area (Å²) >= 11 is 0. The summed E-state index contributed by atoms with van der Waals surface area (Å²) in [5.74, 6) is -0.743. The first-order chi connectivity index (χ1) is 15.6. The largest absolute Gasteiger partial charge is 0.493 e. The number of nitrogens with zero attached hydrogens (tertiary/aromatic N) is 2. The zero-order valence-electron chi connectivity index (χ0n) is 17.8. The average molecular weight is 457 g/mol. The Morgan fingerprint density at radius 1 is 1.15 bits per heavy atom. The van der Waals surface area contributed by atoms with Gasteiger partial charge in [-0.2, -0.15) is 18.4 Å². The number of aryl methyl sites for hydroxylation is 1. The zero-order chi connectivity index (χ0) is 24.2. The van der Waals surface area contributed by atoms with Crippen molar-refractivity contribution in [3.63, 3.8) is 0 Å². The third-order valence-electron chi connectivity index (χ3n) is 4.72. The van der Waals surface area contributed by atoms with Gasteiger partial charge in [0.05, 0.1) is 30.2 Å². The van der Waals surface area contributed by atoms with Crippen LogP contribution in [0, 0.1) is 24.1 Å². The van der Waals surface area contributed by atoms with Gasteiger partial charge in [-0.15, -0.1) is 0 Å². The Hall–Kier alpha value is -3.93. The van der Waals surface area contributed by atoms with Gasteiger partial charge in [0.15, 0.2) is 0 Å². The fourth-order valence-corrected chi connectivity index (χ4v) is 3.24. The van der Waals surface area contributed by atoms with Gasteiger partial charge in [0.25, 0.3) is 0 Å². The van der Waals surface area contributed by atoms with Crippen molar-refractivity contribution in [3.05, 3.63) is 76.9 Å². The summed E-state index contributed by atoms with van der Waals surface area (Å²) in [7, 11) is 0. The van der Waals surface area contributed by atoms with E-state index in [1.165, 1.54) is 30.5 Å². The molecule has 5 nitrogen and oxygen atoms in total. The van der Waals surface area contributed by atoms with Crippen LogP contribution in [0.3, 0.4) is 0 Å². The molecule has 0 aliphatic carbocycles. The second-order valence-corrected chi connectivity index (χ2v) is 7.16. The van der Waals surface area contributed by atoms with Crippen molar-refractivity contribution in [2.75, 3.05) is 11.9 Å². The molecule has 3 rings (SSSR count). The predicted octanol–water partition coefficient (Wildman–Crippen LogP) is 5.67. The van der Waals surface area contributed by atoms with Gasteiger partial charge in [-0.1, -0.05) is 12.1 Å². The molecule has 170 valence electrons. The van der Waals surface area contributed by atoms with Crippen LogP contribution in [0.2, 0.25) is 0 Å². The average Bonchev–Trinajstić information content (AvgIpc) is 2.74. The van der Waals surface area contributed by atoms with Crippen LogP contribution >= 0.6 is 0 Å². The van der Waals surface area contributed by atoms with E-state index in [1.54, 1.807) is 19.1 Å². The van der Waals surface area contributed by atoms with Crippen molar-refractivity contribution in [3.8, 4) is 22.9 Å². The molecule has 0 aliphatic rings. The van der Waals surface area contributed by atoms with Crippen LogP contribution in [-0.4, -0.2) is 17.5 Å². The lowest BCUT2D eigenvalue weighted by Gasteiger charge is -2.13. The van der Waals surface area contributed by atoms with Gasteiger partial charge in [0, 0.05) is 34.8 Å². The first-order valence-electron chi connectivity index (χ1n) is 9.91. The third kappa shape index (κ3) is 5.66. The summed E-state index contributed by atoms with van der Waals surface area (Å²) < 4.78 is 59.7. The number of hydrogen-bond acceptors (Lipinski definition) is 4. The van der Waals surface area contributed by atoms with Crippen LogP contribution in [0.4, 0.5) is 23.2 Å². The van der Waals surface area contributed by atoms with Crippen LogP contribution in [0.1, 0.15) is 29.3 Å². The Morgan fingerprint density at radius 2 is 1.91 bits per heavy atom. The lowest BCUT2D eigenvalue weighted by molar-refractivity contribution is -0.137. The van der Waals surface area contributed by atoms with Crippen molar-refractivity contribution in [2.45, 2.75) is 26.4 Å². The number of halogens is 4. The number of alkyl halides is 3. The summed E-state index contributed by atoms with van der Waals surface area (Å²) in [6.07, 6.45) is -3.49. The van der Waals surface area contributed by atoms with E-state index in [-0.39, 0.29) is 17.7 Å². The summed E-state index contributed by atoms with van der Waals surface area (Å²) in [6, 6.07) is 10.3. The van der Waals surface area contributed by atoms with Gasteiger partial charge in [-0.3, -0.25) is 9.78 Å². The standard InChI is InChI=1S/C24H19F4N3O2/c1-3-33-22-8-14(2)30-13-19(22)18-7-4-15(9-21(18)25)10-23(32)31-17-6-5-16(12-29)20(11-17)24(26,27)28/h4-9,11,13H,3,10H2,1-2H3,(H,31,32).